The van der Waals surface area contributed by atoms with Gasteiger partial charge in [-0.05, 0) is 48.6 Å². The van der Waals surface area contributed by atoms with Gasteiger partial charge >= 0.3 is 12.1 Å². The van der Waals surface area contributed by atoms with E-state index in [9.17, 15) is 19.5 Å². The largest absolute Gasteiger partial charge is 0.464 e. The molecule has 1 aliphatic heterocycles. The van der Waals surface area contributed by atoms with Crippen molar-refractivity contribution in [2.75, 3.05) is 18.5 Å². The number of aliphatic hydroxyl groups excluding tert-OH is 1. The van der Waals surface area contributed by atoms with Crippen LogP contribution in [0.4, 0.5) is 10.6 Å². The van der Waals surface area contributed by atoms with E-state index < -0.39 is 42.3 Å². The number of esters is 1. The van der Waals surface area contributed by atoms with Crippen LogP contribution in [0.3, 0.4) is 0 Å². The number of anilines is 1. The van der Waals surface area contributed by atoms with Gasteiger partial charge < -0.3 is 14.6 Å². The molecular weight excluding hydrogens is 548 g/mol. The number of aliphatic hydroxyl groups is 1. The highest BCUT2D eigenvalue weighted by Crippen LogP contribution is 2.34. The number of pyridine rings is 1. The number of β-lactam (4-membered cyclic amide) rings is 1. The van der Waals surface area contributed by atoms with Crippen molar-refractivity contribution in [3.8, 4) is 0 Å². The first-order valence-electron chi connectivity index (χ1n) is 14.8. The number of ether oxygens (including phenoxy) is 2. The Morgan fingerprint density at radius 1 is 0.953 bits per heavy atom. The molecule has 43 heavy (non-hydrogen) atoms. The van der Waals surface area contributed by atoms with E-state index in [1.807, 2.05) is 60.7 Å². The predicted molar refractivity (Wildman–Crippen MR) is 162 cm³/mol. The summed E-state index contributed by atoms with van der Waals surface area (Å²) >= 11 is 0. The number of amides is 2. The molecule has 0 spiro atoms. The van der Waals surface area contributed by atoms with Crippen molar-refractivity contribution in [3.63, 3.8) is 0 Å². The molecule has 1 saturated heterocycles. The van der Waals surface area contributed by atoms with Gasteiger partial charge in [0.05, 0.1) is 25.2 Å². The molecule has 1 unspecified atom stereocenters. The van der Waals surface area contributed by atoms with Crippen molar-refractivity contribution >= 4 is 23.8 Å². The highest BCUT2D eigenvalue weighted by atomic mass is 16.5. The summed E-state index contributed by atoms with van der Waals surface area (Å²) in [4.78, 5) is 44.0. The monoisotopic (exact) mass is 588 g/mol. The van der Waals surface area contributed by atoms with Crippen molar-refractivity contribution in [3.05, 3.63) is 95.7 Å². The van der Waals surface area contributed by atoms with Gasteiger partial charge in [-0.3, -0.25) is 20.3 Å². The van der Waals surface area contributed by atoms with Crippen LogP contribution in [0.5, 0.6) is 0 Å². The molecule has 3 aromatic rings. The fraction of sp³-hybridized carbons (Fsp3) is 0.394. The fourth-order valence-corrected chi connectivity index (χ4v) is 5.22. The summed E-state index contributed by atoms with van der Waals surface area (Å²) in [6.45, 7) is 4.26. The maximum atomic E-state index is 13.4. The average molecular weight is 589 g/mol. The summed E-state index contributed by atoms with van der Waals surface area (Å²) in [6, 6.07) is 21.0. The second kappa shape index (κ2) is 15.8. The zero-order chi connectivity index (χ0) is 30.6. The molecule has 2 amide bonds. The summed E-state index contributed by atoms with van der Waals surface area (Å²) in [5.41, 5.74) is 2.47. The number of nitrogens with one attached hydrogen (secondary N) is 2. The summed E-state index contributed by atoms with van der Waals surface area (Å²) < 4.78 is 10.5. The Morgan fingerprint density at radius 2 is 1.63 bits per heavy atom. The van der Waals surface area contributed by atoms with Crippen molar-refractivity contribution in [2.24, 2.45) is 5.92 Å². The maximum Gasteiger partial charge on any atom is 0.412 e. The Morgan fingerprint density at radius 3 is 2.26 bits per heavy atom. The number of aromatic nitrogens is 1. The van der Waals surface area contributed by atoms with Crippen LogP contribution in [0, 0.1) is 5.92 Å². The smallest absolute Gasteiger partial charge is 0.412 e. The zero-order valence-corrected chi connectivity index (χ0v) is 24.6. The van der Waals surface area contributed by atoms with Gasteiger partial charge in [-0.15, -0.1) is 0 Å². The van der Waals surface area contributed by atoms with Crippen LogP contribution in [-0.2, 0) is 25.5 Å². The summed E-state index contributed by atoms with van der Waals surface area (Å²) in [5.74, 6) is -1.47. The van der Waals surface area contributed by atoms with E-state index in [0.29, 0.717) is 12.2 Å². The number of carbonyl (C=O) groups is 3. The van der Waals surface area contributed by atoms with Crippen LogP contribution in [0.2, 0.25) is 0 Å². The summed E-state index contributed by atoms with van der Waals surface area (Å²) in [7, 11) is 0. The van der Waals surface area contributed by atoms with Crippen LogP contribution in [0.1, 0.15) is 62.3 Å². The Balaban J connectivity index is 1.45. The van der Waals surface area contributed by atoms with Gasteiger partial charge in [0, 0.05) is 6.20 Å². The van der Waals surface area contributed by atoms with Gasteiger partial charge in [0.25, 0.3) is 0 Å². The van der Waals surface area contributed by atoms with E-state index in [4.69, 9.17) is 9.47 Å². The van der Waals surface area contributed by atoms with E-state index in [2.05, 4.69) is 22.5 Å². The van der Waals surface area contributed by atoms with Gasteiger partial charge in [0.15, 0.2) is 6.35 Å². The molecule has 0 radical (unpaired) electrons. The Kier molecular flexibility index (Phi) is 11.6. The molecule has 3 N–H and O–H groups in total. The molecule has 2 heterocycles. The highest BCUT2D eigenvalue weighted by molar-refractivity contribution is 5.97. The molecule has 1 aromatic heterocycles. The number of carbonyl (C=O) groups excluding carboxylic acids is 3. The van der Waals surface area contributed by atoms with E-state index in [-0.39, 0.29) is 18.8 Å². The highest BCUT2D eigenvalue weighted by Gasteiger charge is 2.55. The number of rotatable bonds is 15. The van der Waals surface area contributed by atoms with Crippen molar-refractivity contribution in [1.29, 1.82) is 0 Å². The first kappa shape index (κ1) is 31.7. The minimum atomic E-state index is -1.45. The predicted octanol–water partition coefficient (Wildman–Crippen LogP) is 4.80. The van der Waals surface area contributed by atoms with E-state index in [0.717, 1.165) is 41.7 Å². The van der Waals surface area contributed by atoms with E-state index >= 15 is 0 Å². The van der Waals surface area contributed by atoms with Gasteiger partial charge in [0.2, 0.25) is 5.91 Å². The van der Waals surface area contributed by atoms with Crippen molar-refractivity contribution < 1.29 is 29.0 Å². The number of benzene rings is 2. The van der Waals surface area contributed by atoms with Crippen LogP contribution in [0.15, 0.2) is 79.0 Å². The number of hydrogen-bond donors (Lipinski definition) is 3. The number of likely N-dealkylation sites (tertiary alicyclic amines) is 1. The second-order valence-corrected chi connectivity index (χ2v) is 10.4. The quantitative estimate of drug-likeness (QED) is 0.1000. The lowest BCUT2D eigenvalue weighted by Gasteiger charge is -2.48. The Hall–Kier alpha value is -4.28. The van der Waals surface area contributed by atoms with E-state index in [1.54, 1.807) is 19.1 Å². The first-order valence-corrected chi connectivity index (χ1v) is 14.8. The Labute approximate surface area is 252 Å². The third-order valence-corrected chi connectivity index (χ3v) is 7.37. The van der Waals surface area contributed by atoms with Gasteiger partial charge in [-0.25, -0.2) is 14.6 Å². The topological polar surface area (TPSA) is 130 Å². The molecule has 0 bridgehead atoms. The molecule has 0 aliphatic carbocycles. The molecule has 0 saturated carbocycles. The zero-order valence-electron chi connectivity index (χ0n) is 24.6. The number of unbranched alkanes of at least 4 members (excludes halogenated alkanes) is 3. The molecule has 10 nitrogen and oxygen atoms in total. The first-order chi connectivity index (χ1) is 20.9. The van der Waals surface area contributed by atoms with Gasteiger partial charge in [-0.1, -0.05) is 86.8 Å². The molecule has 4 rings (SSSR count). The van der Waals surface area contributed by atoms with Crippen LogP contribution >= 0.6 is 0 Å². The summed E-state index contributed by atoms with van der Waals surface area (Å²) in [6.07, 6.45) is 3.63. The second-order valence-electron chi connectivity index (χ2n) is 10.4. The SMILES string of the molecule is CCCCCCOC(=O)Nc1cc(C[C@H]2C(=O)N(C(O)NC(c3ccccc3)c3ccccc3)[C@@H]2C(=O)OCC)ccn1. The molecule has 228 valence electrons. The van der Waals surface area contributed by atoms with Gasteiger partial charge in [0.1, 0.15) is 11.9 Å². The number of nitrogens with zero attached hydrogens (tertiary/aromatic N) is 2. The molecule has 3 atom stereocenters. The van der Waals surface area contributed by atoms with Crippen LogP contribution in [0.25, 0.3) is 0 Å². The summed E-state index contributed by atoms with van der Waals surface area (Å²) in [5, 5.41) is 17.0. The fourth-order valence-electron chi connectivity index (χ4n) is 5.22. The lowest BCUT2D eigenvalue weighted by atomic mass is 9.82. The third-order valence-electron chi connectivity index (χ3n) is 7.37. The number of hydrogen-bond acceptors (Lipinski definition) is 8. The lowest BCUT2D eigenvalue weighted by Crippen LogP contribution is -2.71. The molecular formula is C33H40N4O6. The van der Waals surface area contributed by atoms with Crippen LogP contribution in [-0.4, -0.2) is 58.6 Å². The normalized spacial score (nSPS) is 16.8. The van der Waals surface area contributed by atoms with Gasteiger partial charge in [-0.2, -0.15) is 0 Å². The van der Waals surface area contributed by atoms with Crippen LogP contribution < -0.4 is 10.6 Å². The third kappa shape index (κ3) is 8.39. The molecule has 10 heteroatoms. The lowest BCUT2D eigenvalue weighted by molar-refractivity contribution is -0.193. The molecule has 1 aliphatic rings. The maximum absolute atomic E-state index is 13.4. The molecule has 2 aromatic carbocycles. The Bertz CT molecular complexity index is 1300. The molecule has 1 fully saturated rings. The van der Waals surface area contributed by atoms with Crippen molar-refractivity contribution in [2.45, 2.75) is 64.4 Å². The minimum Gasteiger partial charge on any atom is -0.464 e. The van der Waals surface area contributed by atoms with E-state index in [1.165, 1.54) is 6.20 Å². The van der Waals surface area contributed by atoms with Crippen molar-refractivity contribution in [1.82, 2.24) is 15.2 Å². The average Bonchev–Trinajstić information content (AvgIpc) is 3.02. The minimum absolute atomic E-state index is 0.133. The standard InChI is InChI=1S/C33H40N4O6/c1-3-5-6-13-20-43-33(41)35-27-22-23(18-19-34-27)21-26-29(31(39)42-4-2)37(30(26)38)32(40)36-28(24-14-9-7-10-15-24)25-16-11-8-12-17-25/h7-12,14-19,22,26,28-29,32,36,40H,3-6,13,20-21H2,1-2H3,(H,34,35,41)/t26-,29+,32?/m1/s1.